The van der Waals surface area contributed by atoms with Crippen LogP contribution >= 0.6 is 11.6 Å². The summed E-state index contributed by atoms with van der Waals surface area (Å²) >= 11 is 5.43. The Morgan fingerprint density at radius 3 is 2.86 bits per heavy atom. The number of pyridine rings is 1. The summed E-state index contributed by atoms with van der Waals surface area (Å²) in [5.41, 5.74) is 5.89. The zero-order valence-electron chi connectivity index (χ0n) is 6.98. The molecule has 0 saturated carbocycles. The lowest BCUT2D eigenvalue weighted by Gasteiger charge is -2.00. The van der Waals surface area contributed by atoms with Crippen LogP contribution < -0.4 is 5.73 Å². The molecular formula is C8H6ClFN4. The summed E-state index contributed by atoms with van der Waals surface area (Å²) in [6, 6.07) is 2.84. The fourth-order valence-corrected chi connectivity index (χ4v) is 1.12. The van der Waals surface area contributed by atoms with Crippen LogP contribution in [0, 0.1) is 5.82 Å². The third kappa shape index (κ3) is 1.54. The smallest absolute Gasteiger partial charge is 0.164 e. The van der Waals surface area contributed by atoms with Gasteiger partial charge < -0.3 is 5.73 Å². The van der Waals surface area contributed by atoms with Gasteiger partial charge in [0.2, 0.25) is 0 Å². The summed E-state index contributed by atoms with van der Waals surface area (Å²) in [5, 5.41) is 3.74. The van der Waals surface area contributed by atoms with Crippen molar-refractivity contribution in [1.82, 2.24) is 14.8 Å². The summed E-state index contributed by atoms with van der Waals surface area (Å²) in [7, 11) is 0. The van der Waals surface area contributed by atoms with Crippen LogP contribution in [0.2, 0.25) is 5.15 Å². The van der Waals surface area contributed by atoms with E-state index in [1.54, 1.807) is 12.3 Å². The van der Waals surface area contributed by atoms with Gasteiger partial charge in [-0.15, -0.1) is 0 Å². The van der Waals surface area contributed by atoms with Gasteiger partial charge in [0.05, 0.1) is 11.9 Å². The molecule has 72 valence electrons. The maximum Gasteiger partial charge on any atom is 0.164 e. The second-order valence-corrected chi connectivity index (χ2v) is 3.01. The number of nitrogen functional groups attached to an aromatic ring is 1. The van der Waals surface area contributed by atoms with Gasteiger partial charge in [-0.3, -0.25) is 0 Å². The maximum atomic E-state index is 13.0. The second kappa shape index (κ2) is 3.26. The van der Waals surface area contributed by atoms with Crippen molar-refractivity contribution in [2.24, 2.45) is 0 Å². The minimum atomic E-state index is -0.585. The molecule has 0 fully saturated rings. The van der Waals surface area contributed by atoms with Crippen molar-refractivity contribution >= 4 is 17.4 Å². The average Bonchev–Trinajstić information content (AvgIpc) is 2.57. The molecule has 6 heteroatoms. The fourth-order valence-electron chi connectivity index (χ4n) is 1.02. The van der Waals surface area contributed by atoms with Gasteiger partial charge in [-0.1, -0.05) is 11.6 Å². The highest BCUT2D eigenvalue weighted by Gasteiger charge is 2.04. The second-order valence-electron chi connectivity index (χ2n) is 2.65. The van der Waals surface area contributed by atoms with Crippen molar-refractivity contribution < 1.29 is 4.39 Å². The monoisotopic (exact) mass is 212 g/mol. The third-order valence-corrected chi connectivity index (χ3v) is 1.93. The van der Waals surface area contributed by atoms with Crippen molar-refractivity contribution in [3.8, 4) is 5.69 Å². The van der Waals surface area contributed by atoms with Gasteiger partial charge in [0.1, 0.15) is 5.82 Å². The first-order chi connectivity index (χ1) is 6.66. The van der Waals surface area contributed by atoms with Crippen molar-refractivity contribution in [2.45, 2.75) is 0 Å². The van der Waals surface area contributed by atoms with Crippen LogP contribution in [0.5, 0.6) is 0 Å². The number of anilines is 1. The number of hydrogen-bond donors (Lipinski definition) is 1. The lowest BCUT2D eigenvalue weighted by Crippen LogP contribution is -1.98. The number of nitrogens with zero attached hydrogens (tertiary/aromatic N) is 3. The molecule has 2 heterocycles. The Bertz CT molecular complexity index is 468. The molecule has 2 aromatic heterocycles. The normalized spacial score (nSPS) is 10.4. The number of rotatable bonds is 1. The minimum absolute atomic E-state index is 0.158. The molecule has 0 radical (unpaired) electrons. The van der Waals surface area contributed by atoms with Gasteiger partial charge in [-0.2, -0.15) is 5.10 Å². The Hall–Kier alpha value is -1.62. The largest absolute Gasteiger partial charge is 0.382 e. The van der Waals surface area contributed by atoms with Gasteiger partial charge in [0.15, 0.2) is 11.0 Å². The molecule has 0 aliphatic heterocycles. The summed E-state index contributed by atoms with van der Waals surface area (Å²) < 4.78 is 14.4. The molecule has 14 heavy (non-hydrogen) atoms. The number of halogens is 2. The summed E-state index contributed by atoms with van der Waals surface area (Å²) in [5.74, 6) is -0.224. The molecule has 2 rings (SSSR count). The van der Waals surface area contributed by atoms with E-state index in [-0.39, 0.29) is 5.15 Å². The molecule has 4 nitrogen and oxygen atoms in total. The van der Waals surface area contributed by atoms with E-state index in [1.807, 2.05) is 0 Å². The van der Waals surface area contributed by atoms with E-state index in [2.05, 4.69) is 10.1 Å². The molecule has 0 saturated heterocycles. The van der Waals surface area contributed by atoms with Crippen LogP contribution in [0.4, 0.5) is 10.2 Å². The Kier molecular flexibility index (Phi) is 2.09. The predicted octanol–water partition coefficient (Wildman–Crippen LogP) is 1.64. The SMILES string of the molecule is Nc1ccn(-c2cnc(Cl)c(F)c2)n1. The van der Waals surface area contributed by atoms with Crippen LogP contribution in [-0.4, -0.2) is 14.8 Å². The van der Waals surface area contributed by atoms with Crippen LogP contribution in [0.1, 0.15) is 0 Å². The molecular weight excluding hydrogens is 207 g/mol. The van der Waals surface area contributed by atoms with Gasteiger partial charge in [-0.25, -0.2) is 14.1 Å². The first kappa shape index (κ1) is 8.96. The van der Waals surface area contributed by atoms with Crippen molar-refractivity contribution in [3.63, 3.8) is 0 Å². The molecule has 0 aromatic carbocycles. The van der Waals surface area contributed by atoms with E-state index in [9.17, 15) is 4.39 Å². The van der Waals surface area contributed by atoms with Gasteiger partial charge in [0, 0.05) is 18.3 Å². The molecule has 2 aromatic rings. The molecule has 0 spiro atoms. The molecule has 0 aliphatic rings. The average molecular weight is 213 g/mol. The predicted molar refractivity (Wildman–Crippen MR) is 50.7 cm³/mol. The van der Waals surface area contributed by atoms with E-state index in [0.29, 0.717) is 11.5 Å². The minimum Gasteiger partial charge on any atom is -0.382 e. The number of hydrogen-bond acceptors (Lipinski definition) is 3. The standard InChI is InChI=1S/C8H6ClFN4/c9-8-6(10)3-5(4-12-8)14-2-1-7(11)13-14/h1-4H,(H2,11,13). The summed E-state index contributed by atoms with van der Waals surface area (Å²) in [6.45, 7) is 0. The first-order valence-electron chi connectivity index (χ1n) is 3.79. The van der Waals surface area contributed by atoms with Crippen LogP contribution in [-0.2, 0) is 0 Å². The molecule has 0 aliphatic carbocycles. The van der Waals surface area contributed by atoms with Crippen LogP contribution in [0.3, 0.4) is 0 Å². The number of aromatic nitrogens is 3. The zero-order valence-corrected chi connectivity index (χ0v) is 7.74. The highest BCUT2D eigenvalue weighted by Crippen LogP contribution is 2.14. The van der Waals surface area contributed by atoms with E-state index in [1.165, 1.54) is 16.9 Å². The van der Waals surface area contributed by atoms with Crippen molar-refractivity contribution in [2.75, 3.05) is 5.73 Å². The van der Waals surface area contributed by atoms with Crippen molar-refractivity contribution in [3.05, 3.63) is 35.5 Å². The molecule has 0 unspecified atom stereocenters. The maximum absolute atomic E-state index is 13.0. The lowest BCUT2D eigenvalue weighted by molar-refractivity contribution is 0.619. The number of nitrogens with two attached hydrogens (primary N) is 1. The zero-order chi connectivity index (χ0) is 10.1. The van der Waals surface area contributed by atoms with Gasteiger partial charge >= 0.3 is 0 Å². The quantitative estimate of drug-likeness (QED) is 0.732. The Labute approximate surface area is 84.1 Å². The highest BCUT2D eigenvalue weighted by atomic mass is 35.5. The van der Waals surface area contributed by atoms with Gasteiger partial charge in [-0.05, 0) is 0 Å². The lowest BCUT2D eigenvalue weighted by atomic mass is 10.4. The topological polar surface area (TPSA) is 56.7 Å². The Morgan fingerprint density at radius 2 is 2.29 bits per heavy atom. The van der Waals surface area contributed by atoms with E-state index in [0.717, 1.165) is 0 Å². The van der Waals surface area contributed by atoms with Crippen molar-refractivity contribution in [1.29, 1.82) is 0 Å². The fraction of sp³-hybridized carbons (Fsp3) is 0. The summed E-state index contributed by atoms with van der Waals surface area (Å²) in [4.78, 5) is 3.65. The molecule has 2 N–H and O–H groups in total. The first-order valence-corrected chi connectivity index (χ1v) is 4.17. The van der Waals surface area contributed by atoms with Crippen LogP contribution in [0.15, 0.2) is 24.5 Å². The van der Waals surface area contributed by atoms with Gasteiger partial charge in [0.25, 0.3) is 0 Å². The van der Waals surface area contributed by atoms with Crippen LogP contribution in [0.25, 0.3) is 5.69 Å². The highest BCUT2D eigenvalue weighted by molar-refractivity contribution is 6.29. The van der Waals surface area contributed by atoms with E-state index < -0.39 is 5.82 Å². The molecule has 0 atom stereocenters. The van der Waals surface area contributed by atoms with E-state index in [4.69, 9.17) is 17.3 Å². The Morgan fingerprint density at radius 1 is 1.50 bits per heavy atom. The van der Waals surface area contributed by atoms with E-state index >= 15 is 0 Å². The molecule has 0 bridgehead atoms. The third-order valence-electron chi connectivity index (χ3n) is 1.66. The Balaban J connectivity index is 2.47. The summed E-state index contributed by atoms with van der Waals surface area (Å²) in [6.07, 6.45) is 3.03. The molecule has 0 amide bonds.